The molecule has 2 aliphatic rings. The molecule has 0 saturated heterocycles. The normalized spacial score (nSPS) is 17.5. The lowest BCUT2D eigenvalue weighted by Gasteiger charge is -2.24. The molecule has 3 heteroatoms. The Hall–Kier alpha value is -2.26. The van der Waals surface area contributed by atoms with Gasteiger partial charge in [-0.1, -0.05) is 49.5 Å². The first-order valence-electron chi connectivity index (χ1n) is 10.4. The van der Waals surface area contributed by atoms with E-state index in [-0.39, 0.29) is 0 Å². The third-order valence-corrected chi connectivity index (χ3v) is 4.43. The van der Waals surface area contributed by atoms with Crippen LogP contribution in [-0.2, 0) is 4.74 Å². The molecule has 0 bridgehead atoms. The summed E-state index contributed by atoms with van der Waals surface area (Å²) >= 11 is 0. The smallest absolute Gasteiger partial charge is 0.115 e. The van der Waals surface area contributed by atoms with Gasteiger partial charge in [0.1, 0.15) is 5.76 Å². The van der Waals surface area contributed by atoms with Crippen LogP contribution in [0.15, 0.2) is 84.0 Å². The molecule has 3 nitrogen and oxygen atoms in total. The van der Waals surface area contributed by atoms with Crippen LogP contribution in [0.3, 0.4) is 0 Å². The molecule has 1 aliphatic carbocycles. The van der Waals surface area contributed by atoms with E-state index in [0.29, 0.717) is 0 Å². The van der Waals surface area contributed by atoms with E-state index in [1.807, 2.05) is 13.8 Å². The average Bonchev–Trinajstić information content (AvgIpc) is 3.11. The first-order valence-corrected chi connectivity index (χ1v) is 10.4. The molecule has 154 valence electrons. The number of ether oxygens (including phenoxy) is 1. The molecule has 0 saturated carbocycles. The van der Waals surface area contributed by atoms with E-state index in [4.69, 9.17) is 4.74 Å². The Morgan fingerprint density at radius 2 is 1.96 bits per heavy atom. The number of rotatable bonds is 7. The van der Waals surface area contributed by atoms with Crippen molar-refractivity contribution in [2.75, 3.05) is 26.7 Å². The summed E-state index contributed by atoms with van der Waals surface area (Å²) in [6.07, 6.45) is 27.9. The summed E-state index contributed by atoms with van der Waals surface area (Å²) in [5, 5.41) is 3.43. The average molecular weight is 383 g/mol. The third kappa shape index (κ3) is 10.2. The van der Waals surface area contributed by atoms with Crippen molar-refractivity contribution < 1.29 is 4.74 Å². The van der Waals surface area contributed by atoms with Gasteiger partial charge in [0.05, 0.1) is 7.11 Å². The lowest BCUT2D eigenvalue weighted by Crippen LogP contribution is -2.19. The molecular formula is C25H38N2O. The van der Waals surface area contributed by atoms with Crippen LogP contribution >= 0.6 is 0 Å². The number of nitrogens with zero attached hydrogens (tertiary/aromatic N) is 1. The van der Waals surface area contributed by atoms with Crippen LogP contribution in [0.5, 0.6) is 0 Å². The third-order valence-electron chi connectivity index (χ3n) is 4.43. The second kappa shape index (κ2) is 15.8. The highest BCUT2D eigenvalue weighted by Crippen LogP contribution is 2.19. The van der Waals surface area contributed by atoms with Crippen LogP contribution in [0.4, 0.5) is 0 Å². The topological polar surface area (TPSA) is 24.5 Å². The number of hydrogen-bond donors (Lipinski definition) is 1. The zero-order valence-electron chi connectivity index (χ0n) is 18.2. The van der Waals surface area contributed by atoms with Crippen LogP contribution in [0.1, 0.15) is 46.5 Å². The Kier molecular flexibility index (Phi) is 13.4. The quantitative estimate of drug-likeness (QED) is 0.429. The molecule has 0 aromatic rings. The second-order valence-corrected chi connectivity index (χ2v) is 6.63. The Labute approximate surface area is 172 Å². The van der Waals surface area contributed by atoms with Crippen LogP contribution < -0.4 is 5.32 Å². The van der Waals surface area contributed by atoms with Crippen molar-refractivity contribution >= 4 is 0 Å². The Morgan fingerprint density at radius 3 is 2.64 bits per heavy atom. The number of hydrogen-bond acceptors (Lipinski definition) is 3. The summed E-state index contributed by atoms with van der Waals surface area (Å²) in [6, 6.07) is 0. The van der Waals surface area contributed by atoms with Gasteiger partial charge in [0.2, 0.25) is 0 Å². The van der Waals surface area contributed by atoms with E-state index in [2.05, 4.69) is 84.1 Å². The minimum absolute atomic E-state index is 0.890. The molecule has 0 amide bonds. The van der Waals surface area contributed by atoms with Crippen molar-refractivity contribution in [2.45, 2.75) is 46.5 Å². The monoisotopic (exact) mass is 382 g/mol. The van der Waals surface area contributed by atoms with Gasteiger partial charge in [-0.25, -0.2) is 0 Å². The summed E-state index contributed by atoms with van der Waals surface area (Å²) in [5.74, 6) is 0.935. The van der Waals surface area contributed by atoms with Gasteiger partial charge >= 0.3 is 0 Å². The van der Waals surface area contributed by atoms with E-state index >= 15 is 0 Å². The first-order chi connectivity index (χ1) is 13.7. The highest BCUT2D eigenvalue weighted by atomic mass is 16.5. The second-order valence-electron chi connectivity index (χ2n) is 6.63. The molecule has 0 radical (unpaired) electrons. The maximum Gasteiger partial charge on any atom is 0.115 e. The number of allylic oxidation sites excluding steroid dienone is 9. The molecule has 0 spiro atoms. The summed E-state index contributed by atoms with van der Waals surface area (Å²) in [4.78, 5) is 2.36. The molecule has 0 unspecified atom stereocenters. The molecular weight excluding hydrogens is 344 g/mol. The summed E-state index contributed by atoms with van der Waals surface area (Å²) in [5.41, 5.74) is 2.71. The van der Waals surface area contributed by atoms with E-state index in [9.17, 15) is 0 Å². The van der Waals surface area contributed by atoms with Crippen molar-refractivity contribution in [3.63, 3.8) is 0 Å². The largest absolute Gasteiger partial charge is 0.497 e. The van der Waals surface area contributed by atoms with Crippen LogP contribution in [0, 0.1) is 0 Å². The molecule has 1 aliphatic heterocycles. The van der Waals surface area contributed by atoms with Gasteiger partial charge in [-0.15, -0.1) is 0 Å². The van der Waals surface area contributed by atoms with Crippen molar-refractivity contribution in [3.8, 4) is 0 Å². The van der Waals surface area contributed by atoms with E-state index < -0.39 is 0 Å². The summed E-state index contributed by atoms with van der Waals surface area (Å²) in [6.45, 7) is 9.13. The Bertz CT molecular complexity index is 633. The number of nitrogens with one attached hydrogen (secondary N) is 1. The van der Waals surface area contributed by atoms with Crippen LogP contribution in [0.2, 0.25) is 0 Å². The molecule has 0 aromatic heterocycles. The lowest BCUT2D eigenvalue weighted by atomic mass is 10.1. The lowest BCUT2D eigenvalue weighted by molar-refractivity contribution is 0.306. The molecule has 1 N–H and O–H groups in total. The minimum atomic E-state index is 0.890. The highest BCUT2D eigenvalue weighted by molar-refractivity contribution is 5.31. The standard InChI is InChI=1S/C20H28N2O.C5H10/c1-3-4-5-16-22(19-9-7-14-21-15-13-19)17-18-8-6-10-20(23-2)12-11-18;1-3-5-4-2/h3-5,8,10-13,16,21H,6-7,9,14-15,17H2,1-2H3;3,5H,4H2,1-2H3/b4-3+,16-5+;5-3-. The molecule has 2 rings (SSSR count). The van der Waals surface area contributed by atoms with Gasteiger partial charge < -0.3 is 15.0 Å². The minimum Gasteiger partial charge on any atom is -0.497 e. The van der Waals surface area contributed by atoms with Gasteiger partial charge in [0.15, 0.2) is 0 Å². The fourth-order valence-electron chi connectivity index (χ4n) is 2.92. The molecule has 1 heterocycles. The van der Waals surface area contributed by atoms with Crippen LogP contribution in [0.25, 0.3) is 0 Å². The van der Waals surface area contributed by atoms with Gasteiger partial charge in [-0.3, -0.25) is 0 Å². The van der Waals surface area contributed by atoms with Gasteiger partial charge in [0.25, 0.3) is 0 Å². The van der Waals surface area contributed by atoms with E-state index in [1.165, 1.54) is 17.7 Å². The molecule has 28 heavy (non-hydrogen) atoms. The zero-order valence-corrected chi connectivity index (χ0v) is 18.2. The molecule has 0 fully saturated rings. The fourth-order valence-corrected chi connectivity index (χ4v) is 2.92. The fraction of sp³-hybridized carbons (Fsp3) is 0.440. The Balaban J connectivity index is 0.000000696. The maximum absolute atomic E-state index is 5.32. The van der Waals surface area contributed by atoms with Crippen molar-refractivity contribution in [1.82, 2.24) is 10.2 Å². The predicted octanol–water partition coefficient (Wildman–Crippen LogP) is 6.03. The van der Waals surface area contributed by atoms with E-state index in [0.717, 1.165) is 44.7 Å². The van der Waals surface area contributed by atoms with Gasteiger partial charge in [-0.2, -0.15) is 0 Å². The molecule has 0 atom stereocenters. The van der Waals surface area contributed by atoms with Crippen molar-refractivity contribution in [2.24, 2.45) is 0 Å². The zero-order chi connectivity index (χ0) is 20.5. The summed E-state index contributed by atoms with van der Waals surface area (Å²) < 4.78 is 5.32. The highest BCUT2D eigenvalue weighted by Gasteiger charge is 2.11. The maximum atomic E-state index is 5.32. The van der Waals surface area contributed by atoms with Crippen molar-refractivity contribution in [1.29, 1.82) is 0 Å². The SMILES string of the molecule is C/C=C/C=C/N(CC1=CCC=C(OC)C=C1)C1=CCNCCC1.C/C=C\CC. The van der Waals surface area contributed by atoms with Gasteiger partial charge in [0, 0.05) is 25.0 Å². The van der Waals surface area contributed by atoms with Crippen LogP contribution in [-0.4, -0.2) is 31.6 Å². The van der Waals surface area contributed by atoms with E-state index in [1.54, 1.807) is 7.11 Å². The first kappa shape index (κ1) is 23.8. The summed E-state index contributed by atoms with van der Waals surface area (Å²) in [7, 11) is 1.72. The van der Waals surface area contributed by atoms with Gasteiger partial charge in [-0.05, 0) is 69.9 Å². The molecule has 0 aromatic carbocycles. The predicted molar refractivity (Wildman–Crippen MR) is 123 cm³/mol. The van der Waals surface area contributed by atoms with Crippen molar-refractivity contribution in [3.05, 3.63) is 84.0 Å². The Morgan fingerprint density at radius 1 is 1.11 bits per heavy atom. The number of methoxy groups -OCH3 is 1.